The molecule has 0 aliphatic heterocycles. The second kappa shape index (κ2) is 6.23. The molecule has 0 radical (unpaired) electrons. The van der Waals surface area contributed by atoms with Crippen LogP contribution in [0.25, 0.3) is 0 Å². The molecule has 0 heterocycles. The quantitative estimate of drug-likeness (QED) is 0.633. The van der Waals surface area contributed by atoms with E-state index in [1.165, 1.54) is 5.56 Å². The van der Waals surface area contributed by atoms with Gasteiger partial charge in [-0.1, -0.05) is 30.3 Å². The van der Waals surface area contributed by atoms with Crippen LogP contribution >= 0.6 is 0 Å². The first-order valence-corrected chi connectivity index (χ1v) is 3.05. The van der Waals surface area contributed by atoms with Crippen LogP contribution < -0.4 is 5.73 Å². The van der Waals surface area contributed by atoms with Gasteiger partial charge in [0.2, 0.25) is 0 Å². The van der Waals surface area contributed by atoms with Crippen molar-refractivity contribution in [3.05, 3.63) is 35.9 Å². The number of hydrogen-bond donors (Lipinski definition) is 1. The summed E-state index contributed by atoms with van der Waals surface area (Å²) in [6, 6.07) is 9.99. The van der Waals surface area contributed by atoms with Crippen LogP contribution in [0.3, 0.4) is 0 Å². The van der Waals surface area contributed by atoms with Crippen molar-refractivity contribution in [1.82, 2.24) is 0 Å². The minimum Gasteiger partial charge on any atom is -0.326 e. The van der Waals surface area contributed by atoms with E-state index in [1.807, 2.05) is 30.3 Å². The lowest BCUT2D eigenvalue weighted by atomic mass is 10.2. The first-order valence-electron chi connectivity index (χ1n) is 3.05. The van der Waals surface area contributed by atoms with Gasteiger partial charge < -0.3 is 5.73 Å². The molecule has 1 aromatic rings. The molecule has 0 saturated carbocycles. The van der Waals surface area contributed by atoms with Crippen LogP contribution in [0.4, 0.5) is 4.39 Å². The average molecular weight is 141 g/mol. The van der Waals surface area contributed by atoms with Gasteiger partial charge in [-0.15, -0.1) is 0 Å². The lowest BCUT2D eigenvalue weighted by Crippen LogP contribution is -1.94. The maximum Gasteiger partial charge on any atom is 0.0785 e. The molecule has 0 fully saturated rings. The zero-order valence-corrected chi connectivity index (χ0v) is 6.05. The lowest BCUT2D eigenvalue weighted by Gasteiger charge is -1.90. The van der Waals surface area contributed by atoms with Gasteiger partial charge in [0, 0.05) is 6.54 Å². The number of hydrogen-bond acceptors (Lipinski definition) is 1. The molecule has 0 aliphatic carbocycles. The summed E-state index contributed by atoms with van der Waals surface area (Å²) in [7, 11) is 0.500. The number of rotatable bonds is 1. The predicted octanol–water partition coefficient (Wildman–Crippen LogP) is 1.73. The summed E-state index contributed by atoms with van der Waals surface area (Å²) >= 11 is 0. The molecule has 0 spiro atoms. The van der Waals surface area contributed by atoms with E-state index in [-0.39, 0.29) is 0 Å². The van der Waals surface area contributed by atoms with Crippen LogP contribution in [0, 0.1) is 0 Å². The van der Waals surface area contributed by atoms with Crippen LogP contribution in [-0.2, 0) is 6.54 Å². The van der Waals surface area contributed by atoms with Gasteiger partial charge in [-0.3, -0.25) is 4.39 Å². The number of alkyl halides is 1. The third-order valence-electron chi connectivity index (χ3n) is 1.08. The highest BCUT2D eigenvalue weighted by Gasteiger charge is 1.80. The highest BCUT2D eigenvalue weighted by molar-refractivity contribution is 5.13. The maximum atomic E-state index is 9.50. The summed E-state index contributed by atoms with van der Waals surface area (Å²) in [6.45, 7) is 0.640. The van der Waals surface area contributed by atoms with Crippen molar-refractivity contribution in [1.29, 1.82) is 0 Å². The van der Waals surface area contributed by atoms with E-state index in [1.54, 1.807) is 0 Å². The number of nitrogens with two attached hydrogens (primary N) is 1. The van der Waals surface area contributed by atoms with Gasteiger partial charge in [-0.2, -0.15) is 0 Å². The van der Waals surface area contributed by atoms with Crippen LogP contribution in [-0.4, -0.2) is 7.18 Å². The predicted molar refractivity (Wildman–Crippen MR) is 41.4 cm³/mol. The summed E-state index contributed by atoms with van der Waals surface area (Å²) in [5.74, 6) is 0. The van der Waals surface area contributed by atoms with Crippen molar-refractivity contribution >= 4 is 0 Å². The Labute approximate surface area is 60.7 Å². The second-order valence-corrected chi connectivity index (χ2v) is 1.69. The zero-order chi connectivity index (χ0) is 7.82. The van der Waals surface area contributed by atoms with Crippen LogP contribution in [0.5, 0.6) is 0 Å². The Balaban J connectivity index is 0.000000371. The highest BCUT2D eigenvalue weighted by atomic mass is 19.1. The summed E-state index contributed by atoms with van der Waals surface area (Å²) in [5, 5.41) is 0. The monoisotopic (exact) mass is 141 g/mol. The minimum atomic E-state index is 0.500. The smallest absolute Gasteiger partial charge is 0.0785 e. The molecule has 0 amide bonds. The fourth-order valence-corrected chi connectivity index (χ4v) is 0.614. The van der Waals surface area contributed by atoms with Gasteiger partial charge in [0.1, 0.15) is 0 Å². The standard InChI is InChI=1S/C7H9N.CH3F/c8-6-7-4-2-1-3-5-7;1-2/h1-5H,6,8H2;1H3. The van der Waals surface area contributed by atoms with Crippen molar-refractivity contribution < 1.29 is 4.39 Å². The first kappa shape index (κ1) is 9.11. The molecular weight excluding hydrogens is 129 g/mol. The molecule has 1 rings (SSSR count). The van der Waals surface area contributed by atoms with Crippen molar-refractivity contribution in [3.8, 4) is 0 Å². The Hall–Kier alpha value is -0.890. The summed E-state index contributed by atoms with van der Waals surface area (Å²) in [4.78, 5) is 0. The van der Waals surface area contributed by atoms with E-state index < -0.39 is 0 Å². The molecule has 0 saturated heterocycles. The molecule has 0 bridgehead atoms. The van der Waals surface area contributed by atoms with Crippen molar-refractivity contribution in [2.45, 2.75) is 6.54 Å². The van der Waals surface area contributed by atoms with Gasteiger partial charge >= 0.3 is 0 Å². The normalized spacial score (nSPS) is 7.90. The average Bonchev–Trinajstić information content (AvgIpc) is 2.10. The topological polar surface area (TPSA) is 26.0 Å². The van der Waals surface area contributed by atoms with Crippen molar-refractivity contribution in [2.24, 2.45) is 5.73 Å². The van der Waals surface area contributed by atoms with E-state index in [0.717, 1.165) is 0 Å². The Morgan fingerprint density at radius 1 is 1.20 bits per heavy atom. The third kappa shape index (κ3) is 3.20. The molecule has 0 unspecified atom stereocenters. The van der Waals surface area contributed by atoms with Crippen molar-refractivity contribution in [3.63, 3.8) is 0 Å². The van der Waals surface area contributed by atoms with Crippen LogP contribution in [0.15, 0.2) is 30.3 Å². The molecule has 56 valence electrons. The first-order chi connectivity index (χ1) is 4.93. The molecule has 2 heteroatoms. The summed E-state index contributed by atoms with van der Waals surface area (Å²) < 4.78 is 9.50. The number of halogens is 1. The van der Waals surface area contributed by atoms with Gasteiger partial charge in [0.25, 0.3) is 0 Å². The molecule has 10 heavy (non-hydrogen) atoms. The fraction of sp³-hybridized carbons (Fsp3) is 0.250. The molecule has 0 atom stereocenters. The van der Waals surface area contributed by atoms with Crippen LogP contribution in [0.1, 0.15) is 5.56 Å². The molecular formula is C8H12FN. The minimum absolute atomic E-state index is 0.500. The van der Waals surface area contributed by atoms with Crippen LogP contribution in [0.2, 0.25) is 0 Å². The van der Waals surface area contributed by atoms with Gasteiger partial charge in [-0.25, -0.2) is 0 Å². The van der Waals surface area contributed by atoms with E-state index in [0.29, 0.717) is 13.7 Å². The van der Waals surface area contributed by atoms with Crippen molar-refractivity contribution in [2.75, 3.05) is 7.18 Å². The Kier molecular flexibility index (Phi) is 5.68. The van der Waals surface area contributed by atoms with E-state index in [2.05, 4.69) is 0 Å². The second-order valence-electron chi connectivity index (χ2n) is 1.69. The van der Waals surface area contributed by atoms with E-state index in [4.69, 9.17) is 5.73 Å². The summed E-state index contributed by atoms with van der Waals surface area (Å²) in [5.41, 5.74) is 6.54. The van der Waals surface area contributed by atoms with Gasteiger partial charge in [0.15, 0.2) is 0 Å². The molecule has 1 nitrogen and oxygen atoms in total. The molecule has 1 aromatic carbocycles. The SMILES string of the molecule is CF.NCc1ccccc1. The zero-order valence-electron chi connectivity index (χ0n) is 6.05. The van der Waals surface area contributed by atoms with E-state index in [9.17, 15) is 4.39 Å². The number of benzene rings is 1. The molecule has 0 aromatic heterocycles. The third-order valence-corrected chi connectivity index (χ3v) is 1.08. The Morgan fingerprint density at radius 2 is 1.70 bits per heavy atom. The fourth-order valence-electron chi connectivity index (χ4n) is 0.614. The maximum absolute atomic E-state index is 9.50. The summed E-state index contributed by atoms with van der Waals surface area (Å²) in [6.07, 6.45) is 0. The highest BCUT2D eigenvalue weighted by Crippen LogP contribution is 1.94. The molecule has 2 N–H and O–H groups in total. The van der Waals surface area contributed by atoms with E-state index >= 15 is 0 Å². The van der Waals surface area contributed by atoms with Gasteiger partial charge in [-0.05, 0) is 5.56 Å². The largest absolute Gasteiger partial charge is 0.326 e. The van der Waals surface area contributed by atoms with Gasteiger partial charge in [0.05, 0.1) is 7.18 Å². The Bertz CT molecular complexity index is 151. The molecule has 0 aliphatic rings. The lowest BCUT2D eigenvalue weighted by molar-refractivity contribution is 0.636. The Morgan fingerprint density at radius 3 is 2.00 bits per heavy atom.